The van der Waals surface area contributed by atoms with Crippen LogP contribution in [-0.4, -0.2) is 23.5 Å². The van der Waals surface area contributed by atoms with Gasteiger partial charge in [0.1, 0.15) is 0 Å². The van der Waals surface area contributed by atoms with Crippen molar-refractivity contribution >= 4 is 17.7 Å². The van der Waals surface area contributed by atoms with E-state index in [1.807, 2.05) is 13.2 Å². The van der Waals surface area contributed by atoms with E-state index in [2.05, 4.69) is 5.32 Å². The Morgan fingerprint density at radius 3 is 2.12 bits per heavy atom. The molecule has 1 N–H and O–H groups in total. The van der Waals surface area contributed by atoms with Crippen molar-refractivity contribution in [2.45, 2.75) is 50.3 Å². The van der Waals surface area contributed by atoms with E-state index >= 15 is 0 Å². The standard InChI is InChI=1S/C14H23NOS/c1-8(17-2)14(16)15-13-11-4-9-3-10(6-11)7-12(13)5-9/h8-13H,3-7H2,1-2H3,(H,15,16). The summed E-state index contributed by atoms with van der Waals surface area (Å²) >= 11 is 1.65. The van der Waals surface area contributed by atoms with Gasteiger partial charge in [-0.05, 0) is 69.0 Å². The molecule has 1 unspecified atom stereocenters. The lowest BCUT2D eigenvalue weighted by molar-refractivity contribution is -0.124. The van der Waals surface area contributed by atoms with Crippen LogP contribution in [0, 0.1) is 23.7 Å². The number of carbonyl (C=O) groups excluding carboxylic acids is 1. The van der Waals surface area contributed by atoms with Crippen LogP contribution in [0.1, 0.15) is 39.0 Å². The van der Waals surface area contributed by atoms with E-state index in [1.54, 1.807) is 11.8 Å². The number of amides is 1. The molecule has 1 amide bonds. The second-order valence-corrected chi connectivity index (χ2v) is 7.52. The van der Waals surface area contributed by atoms with E-state index in [0.717, 1.165) is 23.7 Å². The molecule has 4 bridgehead atoms. The smallest absolute Gasteiger partial charge is 0.233 e. The number of carbonyl (C=O) groups is 1. The molecule has 0 heterocycles. The van der Waals surface area contributed by atoms with E-state index in [4.69, 9.17) is 0 Å². The highest BCUT2D eigenvalue weighted by molar-refractivity contribution is 7.99. The third-order valence-electron chi connectivity index (χ3n) is 5.26. The average Bonchev–Trinajstić information content (AvgIpc) is 2.31. The molecule has 4 aliphatic rings. The molecule has 2 nitrogen and oxygen atoms in total. The predicted molar refractivity (Wildman–Crippen MR) is 72.0 cm³/mol. The summed E-state index contributed by atoms with van der Waals surface area (Å²) in [5.41, 5.74) is 0. The van der Waals surface area contributed by atoms with Crippen molar-refractivity contribution in [3.63, 3.8) is 0 Å². The van der Waals surface area contributed by atoms with Crippen LogP contribution >= 0.6 is 11.8 Å². The molecular weight excluding hydrogens is 230 g/mol. The van der Waals surface area contributed by atoms with Gasteiger partial charge in [0.15, 0.2) is 0 Å². The van der Waals surface area contributed by atoms with E-state index in [-0.39, 0.29) is 11.2 Å². The van der Waals surface area contributed by atoms with Gasteiger partial charge in [0.25, 0.3) is 0 Å². The van der Waals surface area contributed by atoms with Crippen LogP contribution in [0.15, 0.2) is 0 Å². The molecule has 4 rings (SSSR count). The second-order valence-electron chi connectivity index (χ2n) is 6.34. The van der Waals surface area contributed by atoms with Gasteiger partial charge in [0.2, 0.25) is 5.91 Å². The monoisotopic (exact) mass is 253 g/mol. The Morgan fingerprint density at radius 2 is 1.65 bits per heavy atom. The van der Waals surface area contributed by atoms with Gasteiger partial charge in [0, 0.05) is 6.04 Å². The lowest BCUT2D eigenvalue weighted by Crippen LogP contribution is -2.56. The minimum atomic E-state index is 0.104. The van der Waals surface area contributed by atoms with Crippen LogP contribution in [0.2, 0.25) is 0 Å². The molecule has 17 heavy (non-hydrogen) atoms. The molecular formula is C14H23NOS. The molecule has 0 aliphatic heterocycles. The van der Waals surface area contributed by atoms with Crippen LogP contribution in [0.5, 0.6) is 0 Å². The van der Waals surface area contributed by atoms with Crippen LogP contribution in [0.4, 0.5) is 0 Å². The van der Waals surface area contributed by atoms with Crippen molar-refractivity contribution in [3.8, 4) is 0 Å². The summed E-state index contributed by atoms with van der Waals surface area (Å²) in [6.07, 6.45) is 9.02. The molecule has 3 heteroatoms. The molecule has 0 aromatic carbocycles. The Balaban J connectivity index is 1.66. The van der Waals surface area contributed by atoms with Crippen LogP contribution < -0.4 is 5.32 Å². The summed E-state index contributed by atoms with van der Waals surface area (Å²) in [4.78, 5) is 12.0. The van der Waals surface area contributed by atoms with Crippen LogP contribution in [-0.2, 0) is 4.79 Å². The van der Waals surface area contributed by atoms with Gasteiger partial charge in [-0.2, -0.15) is 11.8 Å². The third-order valence-corrected chi connectivity index (χ3v) is 6.18. The first-order valence-corrected chi connectivity index (χ1v) is 8.29. The van der Waals surface area contributed by atoms with E-state index < -0.39 is 0 Å². The first-order chi connectivity index (χ1) is 8.17. The zero-order valence-electron chi connectivity index (χ0n) is 10.8. The normalized spacial score (nSPS) is 44.7. The highest BCUT2D eigenvalue weighted by Crippen LogP contribution is 2.53. The average molecular weight is 253 g/mol. The Hall–Kier alpha value is -0.180. The van der Waals surface area contributed by atoms with Crippen LogP contribution in [0.25, 0.3) is 0 Å². The van der Waals surface area contributed by atoms with Crippen molar-refractivity contribution in [2.24, 2.45) is 23.7 Å². The maximum Gasteiger partial charge on any atom is 0.233 e. The summed E-state index contributed by atoms with van der Waals surface area (Å²) in [6, 6.07) is 0.505. The molecule has 0 saturated heterocycles. The molecule has 0 spiro atoms. The number of rotatable bonds is 3. The number of hydrogen-bond acceptors (Lipinski definition) is 2. The molecule has 4 aliphatic carbocycles. The third kappa shape index (κ3) is 2.11. The van der Waals surface area contributed by atoms with E-state index in [9.17, 15) is 4.79 Å². The van der Waals surface area contributed by atoms with E-state index in [1.165, 1.54) is 32.1 Å². The first-order valence-electron chi connectivity index (χ1n) is 7.00. The molecule has 0 aromatic heterocycles. The maximum atomic E-state index is 12.0. The number of thioether (sulfide) groups is 1. The maximum absolute atomic E-state index is 12.0. The largest absolute Gasteiger partial charge is 0.352 e. The summed E-state index contributed by atoms with van der Waals surface area (Å²) in [7, 11) is 0. The summed E-state index contributed by atoms with van der Waals surface area (Å²) in [5, 5.41) is 3.46. The van der Waals surface area contributed by atoms with Crippen molar-refractivity contribution in [1.82, 2.24) is 5.32 Å². The molecule has 0 aromatic rings. The number of nitrogens with one attached hydrogen (secondary N) is 1. The Labute approximate surface area is 108 Å². The lowest BCUT2D eigenvalue weighted by Gasteiger charge is -2.54. The van der Waals surface area contributed by atoms with Crippen molar-refractivity contribution in [3.05, 3.63) is 0 Å². The van der Waals surface area contributed by atoms with Gasteiger partial charge in [-0.25, -0.2) is 0 Å². The van der Waals surface area contributed by atoms with Gasteiger partial charge in [-0.3, -0.25) is 4.79 Å². The highest BCUT2D eigenvalue weighted by atomic mass is 32.2. The second kappa shape index (κ2) is 4.49. The summed E-state index contributed by atoms with van der Waals surface area (Å²) < 4.78 is 0. The zero-order valence-corrected chi connectivity index (χ0v) is 11.6. The molecule has 4 fully saturated rings. The molecule has 96 valence electrons. The van der Waals surface area contributed by atoms with Crippen molar-refractivity contribution < 1.29 is 4.79 Å². The molecule has 4 saturated carbocycles. The van der Waals surface area contributed by atoms with Crippen molar-refractivity contribution in [1.29, 1.82) is 0 Å². The lowest BCUT2D eigenvalue weighted by atomic mass is 9.54. The molecule has 0 radical (unpaired) electrons. The quantitative estimate of drug-likeness (QED) is 0.838. The fourth-order valence-corrected chi connectivity index (χ4v) is 4.83. The van der Waals surface area contributed by atoms with Gasteiger partial charge in [-0.1, -0.05) is 0 Å². The fourth-order valence-electron chi connectivity index (χ4n) is 4.55. The highest BCUT2D eigenvalue weighted by Gasteiger charge is 2.48. The van der Waals surface area contributed by atoms with Gasteiger partial charge in [0.05, 0.1) is 5.25 Å². The van der Waals surface area contributed by atoms with E-state index in [0.29, 0.717) is 6.04 Å². The van der Waals surface area contributed by atoms with Crippen molar-refractivity contribution in [2.75, 3.05) is 6.26 Å². The zero-order chi connectivity index (χ0) is 12.0. The summed E-state index contributed by atoms with van der Waals surface area (Å²) in [6.45, 7) is 2.01. The minimum Gasteiger partial charge on any atom is -0.352 e. The minimum absolute atomic E-state index is 0.104. The van der Waals surface area contributed by atoms with Gasteiger partial charge in [-0.15, -0.1) is 0 Å². The summed E-state index contributed by atoms with van der Waals surface area (Å²) in [5.74, 6) is 3.83. The first kappa shape index (κ1) is 11.9. The Bertz CT molecular complexity index is 289. The van der Waals surface area contributed by atoms with Gasteiger partial charge < -0.3 is 5.32 Å². The van der Waals surface area contributed by atoms with Gasteiger partial charge >= 0.3 is 0 Å². The topological polar surface area (TPSA) is 29.1 Å². The number of hydrogen-bond donors (Lipinski definition) is 1. The SMILES string of the molecule is CSC(C)C(=O)NC1C2CC3CC(C2)CC1C3. The predicted octanol–water partition coefficient (Wildman–Crippen LogP) is 2.68. The Morgan fingerprint density at radius 1 is 1.12 bits per heavy atom. The fraction of sp³-hybridized carbons (Fsp3) is 0.929. The molecule has 1 atom stereocenters. The van der Waals surface area contributed by atoms with Crippen LogP contribution in [0.3, 0.4) is 0 Å². The Kier molecular flexibility index (Phi) is 3.14.